The van der Waals surface area contributed by atoms with Gasteiger partial charge in [0.15, 0.2) is 6.29 Å². The van der Waals surface area contributed by atoms with E-state index in [0.29, 0.717) is 26.3 Å². The van der Waals surface area contributed by atoms with Crippen molar-refractivity contribution in [2.75, 3.05) is 32.2 Å². The number of rotatable bonds is 10. The molecule has 0 aliphatic heterocycles. The average Bonchev–Trinajstić information content (AvgIpc) is 3.01. The molecule has 0 bridgehead atoms. The molecule has 0 aliphatic carbocycles. The van der Waals surface area contributed by atoms with Crippen LogP contribution < -0.4 is 10.1 Å². The molecule has 6 heteroatoms. The zero-order chi connectivity index (χ0) is 16.5. The van der Waals surface area contributed by atoms with E-state index in [4.69, 9.17) is 14.2 Å². The van der Waals surface area contributed by atoms with Gasteiger partial charge >= 0.3 is 0 Å². The predicted octanol–water partition coefficient (Wildman–Crippen LogP) is 2.75. The highest BCUT2D eigenvalue weighted by atomic mass is 16.7. The van der Waals surface area contributed by atoms with Crippen molar-refractivity contribution in [1.29, 1.82) is 0 Å². The third kappa shape index (κ3) is 5.58. The molecule has 0 unspecified atom stereocenters. The molecule has 23 heavy (non-hydrogen) atoms. The van der Waals surface area contributed by atoms with E-state index in [1.807, 2.05) is 49.0 Å². The van der Waals surface area contributed by atoms with Crippen LogP contribution in [0.3, 0.4) is 0 Å². The van der Waals surface area contributed by atoms with Crippen LogP contribution in [0.2, 0.25) is 0 Å². The van der Waals surface area contributed by atoms with Gasteiger partial charge in [0.2, 0.25) is 0 Å². The SMILES string of the molecule is CCOC(CNc1cnn(Cc2ccc(OC)cc2)c1)OCC. The van der Waals surface area contributed by atoms with Crippen LogP contribution in [0, 0.1) is 0 Å². The van der Waals surface area contributed by atoms with E-state index >= 15 is 0 Å². The molecule has 1 N–H and O–H groups in total. The molecule has 0 saturated heterocycles. The van der Waals surface area contributed by atoms with Crippen molar-refractivity contribution >= 4 is 5.69 Å². The van der Waals surface area contributed by atoms with Crippen molar-refractivity contribution in [1.82, 2.24) is 9.78 Å². The van der Waals surface area contributed by atoms with Crippen molar-refractivity contribution < 1.29 is 14.2 Å². The van der Waals surface area contributed by atoms with Gasteiger partial charge < -0.3 is 19.5 Å². The van der Waals surface area contributed by atoms with Crippen molar-refractivity contribution in [3.05, 3.63) is 42.2 Å². The lowest BCUT2D eigenvalue weighted by Gasteiger charge is -2.17. The topological polar surface area (TPSA) is 57.5 Å². The highest BCUT2D eigenvalue weighted by Crippen LogP contribution is 2.13. The first-order valence-corrected chi connectivity index (χ1v) is 7.87. The lowest BCUT2D eigenvalue weighted by Crippen LogP contribution is -2.26. The van der Waals surface area contributed by atoms with E-state index in [-0.39, 0.29) is 6.29 Å². The second-order valence-electron chi connectivity index (χ2n) is 5.00. The van der Waals surface area contributed by atoms with Crippen LogP contribution in [0.25, 0.3) is 0 Å². The Morgan fingerprint density at radius 3 is 2.43 bits per heavy atom. The first-order valence-electron chi connectivity index (χ1n) is 7.87. The summed E-state index contributed by atoms with van der Waals surface area (Å²) in [7, 11) is 1.66. The number of hydrogen-bond donors (Lipinski definition) is 1. The Labute approximate surface area is 137 Å². The molecule has 1 aromatic carbocycles. The standard InChI is InChI=1S/C17H25N3O3/c1-4-22-17(23-5-2)11-18-15-10-19-20(13-15)12-14-6-8-16(21-3)9-7-14/h6-10,13,17-18H,4-5,11-12H2,1-3H3. The molecule has 0 amide bonds. The number of ether oxygens (including phenoxy) is 3. The maximum atomic E-state index is 5.50. The van der Waals surface area contributed by atoms with Gasteiger partial charge in [-0.05, 0) is 31.5 Å². The molecule has 0 aliphatic rings. The summed E-state index contributed by atoms with van der Waals surface area (Å²) in [6.07, 6.45) is 3.53. The lowest BCUT2D eigenvalue weighted by atomic mass is 10.2. The zero-order valence-corrected chi connectivity index (χ0v) is 14.0. The van der Waals surface area contributed by atoms with Gasteiger partial charge in [0.05, 0.1) is 32.1 Å². The molecule has 2 aromatic rings. The Hall–Kier alpha value is -2.05. The minimum absolute atomic E-state index is 0.241. The van der Waals surface area contributed by atoms with Crippen molar-refractivity contribution in [2.45, 2.75) is 26.7 Å². The molecular weight excluding hydrogens is 294 g/mol. The molecule has 2 rings (SSSR count). The maximum Gasteiger partial charge on any atom is 0.174 e. The molecule has 0 radical (unpaired) electrons. The number of aromatic nitrogens is 2. The Morgan fingerprint density at radius 1 is 1.13 bits per heavy atom. The fourth-order valence-electron chi connectivity index (χ4n) is 2.20. The van der Waals surface area contributed by atoms with Crippen LogP contribution in [0.5, 0.6) is 5.75 Å². The number of nitrogens with one attached hydrogen (secondary N) is 1. The largest absolute Gasteiger partial charge is 0.497 e. The van der Waals surface area contributed by atoms with Gasteiger partial charge in [-0.2, -0.15) is 5.10 Å². The van der Waals surface area contributed by atoms with Crippen LogP contribution in [0.4, 0.5) is 5.69 Å². The molecule has 0 saturated carbocycles. The van der Waals surface area contributed by atoms with E-state index in [2.05, 4.69) is 10.4 Å². The molecular formula is C17H25N3O3. The molecule has 0 atom stereocenters. The van der Waals surface area contributed by atoms with Gasteiger partial charge in [-0.1, -0.05) is 12.1 Å². The number of hydrogen-bond acceptors (Lipinski definition) is 5. The third-order valence-electron chi connectivity index (χ3n) is 3.31. The second-order valence-corrected chi connectivity index (χ2v) is 5.00. The molecule has 0 fully saturated rings. The average molecular weight is 319 g/mol. The lowest BCUT2D eigenvalue weighted by molar-refractivity contribution is -0.126. The molecule has 126 valence electrons. The van der Waals surface area contributed by atoms with Gasteiger partial charge in [0.1, 0.15) is 5.75 Å². The Morgan fingerprint density at radius 2 is 1.83 bits per heavy atom. The quantitative estimate of drug-likeness (QED) is 0.682. The van der Waals surface area contributed by atoms with Gasteiger partial charge in [0, 0.05) is 19.4 Å². The van der Waals surface area contributed by atoms with Gasteiger partial charge in [-0.3, -0.25) is 4.68 Å². The summed E-state index contributed by atoms with van der Waals surface area (Å²) in [5.74, 6) is 0.856. The number of methoxy groups -OCH3 is 1. The van der Waals surface area contributed by atoms with Gasteiger partial charge in [-0.25, -0.2) is 0 Å². The summed E-state index contributed by atoms with van der Waals surface area (Å²) in [4.78, 5) is 0. The van der Waals surface area contributed by atoms with Crippen LogP contribution >= 0.6 is 0 Å². The second kappa shape index (κ2) is 9.17. The molecule has 1 heterocycles. The van der Waals surface area contributed by atoms with Crippen molar-refractivity contribution in [3.63, 3.8) is 0 Å². The number of nitrogens with zero attached hydrogens (tertiary/aromatic N) is 2. The van der Waals surface area contributed by atoms with E-state index < -0.39 is 0 Å². The van der Waals surface area contributed by atoms with Crippen LogP contribution in [-0.4, -0.2) is 42.9 Å². The zero-order valence-electron chi connectivity index (χ0n) is 14.0. The highest BCUT2D eigenvalue weighted by Gasteiger charge is 2.08. The minimum Gasteiger partial charge on any atom is -0.497 e. The van der Waals surface area contributed by atoms with Gasteiger partial charge in [-0.15, -0.1) is 0 Å². The molecule has 6 nitrogen and oxygen atoms in total. The fraction of sp³-hybridized carbons (Fsp3) is 0.471. The molecule has 0 spiro atoms. The van der Waals surface area contributed by atoms with Gasteiger partial charge in [0.25, 0.3) is 0 Å². The monoisotopic (exact) mass is 319 g/mol. The minimum atomic E-state index is -0.241. The van der Waals surface area contributed by atoms with Crippen LogP contribution in [-0.2, 0) is 16.0 Å². The maximum absolute atomic E-state index is 5.50. The fourth-order valence-corrected chi connectivity index (χ4v) is 2.20. The van der Waals surface area contributed by atoms with Crippen LogP contribution in [0.15, 0.2) is 36.7 Å². The Balaban J connectivity index is 1.86. The summed E-state index contributed by atoms with van der Waals surface area (Å²) in [5.41, 5.74) is 2.12. The summed E-state index contributed by atoms with van der Waals surface area (Å²) in [6.45, 7) is 6.48. The summed E-state index contributed by atoms with van der Waals surface area (Å²) in [5, 5.41) is 7.65. The van der Waals surface area contributed by atoms with E-state index in [1.54, 1.807) is 13.3 Å². The normalized spacial score (nSPS) is 11.0. The van der Waals surface area contributed by atoms with E-state index in [1.165, 1.54) is 5.56 Å². The first-order chi connectivity index (χ1) is 11.2. The predicted molar refractivity (Wildman–Crippen MR) is 89.9 cm³/mol. The first kappa shape index (κ1) is 17.3. The smallest absolute Gasteiger partial charge is 0.174 e. The highest BCUT2D eigenvalue weighted by molar-refractivity contribution is 5.38. The van der Waals surface area contributed by atoms with Crippen molar-refractivity contribution in [3.8, 4) is 5.75 Å². The van der Waals surface area contributed by atoms with E-state index in [0.717, 1.165) is 11.4 Å². The van der Waals surface area contributed by atoms with Crippen LogP contribution in [0.1, 0.15) is 19.4 Å². The number of benzene rings is 1. The Kier molecular flexibility index (Phi) is 6.90. The summed E-state index contributed by atoms with van der Waals surface area (Å²) < 4.78 is 18.1. The van der Waals surface area contributed by atoms with Crippen molar-refractivity contribution in [2.24, 2.45) is 0 Å². The summed E-state index contributed by atoms with van der Waals surface area (Å²) in [6, 6.07) is 7.97. The van der Waals surface area contributed by atoms with E-state index in [9.17, 15) is 0 Å². The number of anilines is 1. The third-order valence-corrected chi connectivity index (χ3v) is 3.31. The molecule has 1 aromatic heterocycles. The summed E-state index contributed by atoms with van der Waals surface area (Å²) >= 11 is 0. The Bertz CT molecular complexity index is 563.